The van der Waals surface area contributed by atoms with Gasteiger partial charge in [-0.3, -0.25) is 4.79 Å². The van der Waals surface area contributed by atoms with Crippen LogP contribution in [0.4, 0.5) is 0 Å². The second kappa shape index (κ2) is 18.4. The lowest BCUT2D eigenvalue weighted by atomic mass is 10.0. The number of rotatable bonds is 20. The van der Waals surface area contributed by atoms with Crippen LogP contribution in [0.2, 0.25) is 0 Å². The topological polar surface area (TPSA) is 116 Å². The number of ketones is 1. The summed E-state index contributed by atoms with van der Waals surface area (Å²) in [4.78, 5) is 21.5. The Bertz CT molecular complexity index is 497. The van der Waals surface area contributed by atoms with Crippen molar-refractivity contribution in [2.45, 2.75) is 141 Å². The first-order chi connectivity index (χ1) is 15.4. The molecule has 7 heteroatoms. The van der Waals surface area contributed by atoms with E-state index in [0.29, 0.717) is 19.4 Å². The van der Waals surface area contributed by atoms with Crippen molar-refractivity contribution in [1.29, 1.82) is 0 Å². The summed E-state index contributed by atoms with van der Waals surface area (Å²) in [6, 6.07) is 0. The predicted octanol–water partition coefficient (Wildman–Crippen LogP) is 3.42. The van der Waals surface area contributed by atoms with Gasteiger partial charge in [-0.15, -0.1) is 0 Å². The molecule has 188 valence electrons. The number of carbonyl (C=O) groups excluding carboxylic acids is 2. The number of carboxylic acid groups (broad SMARTS) is 1. The van der Waals surface area contributed by atoms with E-state index in [4.69, 9.17) is 9.47 Å². The lowest BCUT2D eigenvalue weighted by molar-refractivity contribution is -0.304. The van der Waals surface area contributed by atoms with Crippen molar-refractivity contribution in [2.75, 3.05) is 6.61 Å². The summed E-state index contributed by atoms with van der Waals surface area (Å²) in [7, 11) is 0. The summed E-state index contributed by atoms with van der Waals surface area (Å²) < 4.78 is 11.1. The molecule has 0 aromatic heterocycles. The Labute approximate surface area is 193 Å². The molecule has 2 N–H and O–H groups in total. The number of aliphatic hydroxyl groups is 2. The highest BCUT2D eigenvalue weighted by molar-refractivity contribution is 5.93. The van der Waals surface area contributed by atoms with Crippen molar-refractivity contribution in [3.05, 3.63) is 0 Å². The Hall–Kier alpha value is -1.02. The standard InChI is InChI=1S/C25H46O7/c1-20-22(27)19-23(28)25(32-20)31-17-15-13-11-9-7-5-3-2-4-6-8-10-12-14-16-21(26)18-24(29)30/h20,22-23,25,27-28H,2-19H2,1H3,(H,29,30)/p-1/t20-,22+,23+,25+/m0/s1. The van der Waals surface area contributed by atoms with E-state index < -0.39 is 30.9 Å². The number of carbonyl (C=O) groups is 2. The van der Waals surface area contributed by atoms with Crippen molar-refractivity contribution in [2.24, 2.45) is 0 Å². The highest BCUT2D eigenvalue weighted by Gasteiger charge is 2.34. The Morgan fingerprint density at radius 3 is 1.78 bits per heavy atom. The lowest BCUT2D eigenvalue weighted by Crippen LogP contribution is -2.47. The largest absolute Gasteiger partial charge is 0.550 e. The van der Waals surface area contributed by atoms with Crippen LogP contribution in [0.3, 0.4) is 0 Å². The highest BCUT2D eigenvalue weighted by atomic mass is 16.7. The number of aliphatic carboxylic acids is 1. The Morgan fingerprint density at radius 2 is 1.28 bits per heavy atom. The minimum Gasteiger partial charge on any atom is -0.550 e. The van der Waals surface area contributed by atoms with Gasteiger partial charge in [0, 0.05) is 31.8 Å². The van der Waals surface area contributed by atoms with Crippen LogP contribution in [-0.4, -0.2) is 53.2 Å². The van der Waals surface area contributed by atoms with Crippen molar-refractivity contribution in [3.8, 4) is 0 Å². The zero-order valence-electron chi connectivity index (χ0n) is 20.0. The molecule has 32 heavy (non-hydrogen) atoms. The SMILES string of the molecule is C[C@@H]1O[C@@H](OCCCCCCCCCCCCCCCCC(=O)CC(=O)[O-])[C@H](O)C[C@H]1O. The van der Waals surface area contributed by atoms with Gasteiger partial charge in [0.1, 0.15) is 11.9 Å². The van der Waals surface area contributed by atoms with E-state index in [-0.39, 0.29) is 11.9 Å². The summed E-state index contributed by atoms with van der Waals surface area (Å²) >= 11 is 0. The predicted molar refractivity (Wildman–Crippen MR) is 121 cm³/mol. The third-order valence-electron chi connectivity index (χ3n) is 6.16. The molecule has 0 aromatic rings. The Kier molecular flexibility index (Phi) is 16.7. The zero-order chi connectivity index (χ0) is 23.6. The first-order valence-corrected chi connectivity index (χ1v) is 12.7. The highest BCUT2D eigenvalue weighted by Crippen LogP contribution is 2.21. The monoisotopic (exact) mass is 457 g/mol. The third-order valence-corrected chi connectivity index (χ3v) is 6.16. The minimum absolute atomic E-state index is 0.219. The molecule has 0 aromatic carbocycles. The molecule has 1 fully saturated rings. The average Bonchev–Trinajstić information content (AvgIpc) is 2.73. The van der Waals surface area contributed by atoms with Gasteiger partial charge in [0.15, 0.2) is 6.29 Å². The Balaban J connectivity index is 1.77. The van der Waals surface area contributed by atoms with E-state index >= 15 is 0 Å². The maximum absolute atomic E-state index is 11.2. The third kappa shape index (κ3) is 14.9. The summed E-state index contributed by atoms with van der Waals surface area (Å²) in [5, 5.41) is 29.8. The summed E-state index contributed by atoms with van der Waals surface area (Å²) in [5.74, 6) is -1.49. The van der Waals surface area contributed by atoms with Gasteiger partial charge in [0.2, 0.25) is 0 Å². The quantitative estimate of drug-likeness (QED) is 0.212. The summed E-state index contributed by atoms with van der Waals surface area (Å²) in [6.07, 6.45) is 14.3. The fourth-order valence-electron chi connectivity index (χ4n) is 4.09. The minimum atomic E-state index is -1.27. The normalized spacial score (nSPS) is 23.3. The summed E-state index contributed by atoms with van der Waals surface area (Å²) in [5.41, 5.74) is 0. The fourth-order valence-corrected chi connectivity index (χ4v) is 4.09. The number of Topliss-reactive ketones (excluding diaryl/α,β-unsaturated/α-hetero) is 1. The lowest BCUT2D eigenvalue weighted by Gasteiger charge is -2.35. The van der Waals surface area contributed by atoms with Gasteiger partial charge < -0.3 is 29.6 Å². The van der Waals surface area contributed by atoms with E-state index in [1.165, 1.54) is 57.8 Å². The molecule has 1 aliphatic rings. The number of hydrogen-bond donors (Lipinski definition) is 2. The van der Waals surface area contributed by atoms with Crippen molar-refractivity contribution in [3.63, 3.8) is 0 Å². The van der Waals surface area contributed by atoms with E-state index in [1.807, 2.05) is 0 Å². The van der Waals surface area contributed by atoms with Crippen LogP contribution in [0.1, 0.15) is 116 Å². The molecule has 0 amide bonds. The van der Waals surface area contributed by atoms with Crippen LogP contribution in [0.25, 0.3) is 0 Å². The van der Waals surface area contributed by atoms with Gasteiger partial charge in [0.05, 0.1) is 12.2 Å². The first-order valence-electron chi connectivity index (χ1n) is 12.7. The molecule has 0 unspecified atom stereocenters. The van der Waals surface area contributed by atoms with Crippen LogP contribution in [-0.2, 0) is 19.1 Å². The number of carboxylic acids is 1. The van der Waals surface area contributed by atoms with E-state index in [0.717, 1.165) is 32.1 Å². The van der Waals surface area contributed by atoms with Gasteiger partial charge in [-0.2, -0.15) is 0 Å². The molecule has 0 saturated carbocycles. The molecule has 0 bridgehead atoms. The van der Waals surface area contributed by atoms with Crippen LogP contribution < -0.4 is 5.11 Å². The number of unbranched alkanes of at least 4 members (excludes halogenated alkanes) is 13. The van der Waals surface area contributed by atoms with E-state index in [1.54, 1.807) is 6.92 Å². The van der Waals surface area contributed by atoms with Gasteiger partial charge in [0.25, 0.3) is 0 Å². The van der Waals surface area contributed by atoms with Gasteiger partial charge >= 0.3 is 0 Å². The number of hydrogen-bond acceptors (Lipinski definition) is 7. The van der Waals surface area contributed by atoms with Crippen LogP contribution >= 0.6 is 0 Å². The van der Waals surface area contributed by atoms with Crippen LogP contribution in [0, 0.1) is 0 Å². The molecule has 1 rings (SSSR count). The molecule has 0 radical (unpaired) electrons. The maximum Gasteiger partial charge on any atom is 0.183 e. The van der Waals surface area contributed by atoms with Crippen molar-refractivity contribution >= 4 is 11.8 Å². The average molecular weight is 458 g/mol. The maximum atomic E-state index is 11.2. The molecule has 0 spiro atoms. The first kappa shape index (κ1) is 29.0. The van der Waals surface area contributed by atoms with E-state index in [2.05, 4.69) is 0 Å². The molecule has 7 nitrogen and oxygen atoms in total. The van der Waals surface area contributed by atoms with Crippen molar-refractivity contribution in [1.82, 2.24) is 0 Å². The van der Waals surface area contributed by atoms with E-state index in [9.17, 15) is 24.9 Å². The zero-order valence-corrected chi connectivity index (χ0v) is 20.0. The molecule has 1 heterocycles. The fraction of sp³-hybridized carbons (Fsp3) is 0.920. The molecule has 0 aliphatic carbocycles. The molecular weight excluding hydrogens is 412 g/mol. The molecule has 4 atom stereocenters. The molecule has 1 saturated heterocycles. The summed E-state index contributed by atoms with van der Waals surface area (Å²) in [6.45, 7) is 2.38. The smallest absolute Gasteiger partial charge is 0.183 e. The number of aliphatic hydroxyl groups excluding tert-OH is 2. The van der Waals surface area contributed by atoms with Gasteiger partial charge in [-0.05, 0) is 19.8 Å². The van der Waals surface area contributed by atoms with Gasteiger partial charge in [-0.1, -0.05) is 77.0 Å². The van der Waals surface area contributed by atoms with Crippen molar-refractivity contribution < 1.29 is 34.4 Å². The Morgan fingerprint density at radius 1 is 0.812 bits per heavy atom. The number of ether oxygens (including phenoxy) is 2. The molecule has 1 aliphatic heterocycles. The van der Waals surface area contributed by atoms with Crippen LogP contribution in [0.15, 0.2) is 0 Å². The second-order valence-corrected chi connectivity index (χ2v) is 9.24. The van der Waals surface area contributed by atoms with Crippen LogP contribution in [0.5, 0.6) is 0 Å². The molecular formula is C25H45O7-. The van der Waals surface area contributed by atoms with Gasteiger partial charge in [-0.25, -0.2) is 0 Å². The second-order valence-electron chi connectivity index (χ2n) is 9.24.